The number of rotatable bonds is 5. The Kier molecular flexibility index (Phi) is 6.66. The number of benzene rings is 1. The number of hydrogen-bond donors (Lipinski definition) is 2. The topological polar surface area (TPSA) is 118 Å². The van der Waals surface area contributed by atoms with Crippen LogP contribution in [0.2, 0.25) is 0 Å². The molecular weight excluding hydrogens is 511 g/mol. The minimum atomic E-state index is -4.62. The van der Waals surface area contributed by atoms with E-state index in [0.29, 0.717) is 67.9 Å². The van der Waals surface area contributed by atoms with E-state index in [1.807, 2.05) is 4.90 Å². The molecule has 3 aromatic rings. The quantitative estimate of drug-likeness (QED) is 0.505. The zero-order valence-corrected chi connectivity index (χ0v) is 21.1. The number of fused-ring (bicyclic) bond motifs is 1. The Morgan fingerprint density at radius 1 is 1.19 bits per heavy atom. The van der Waals surface area contributed by atoms with E-state index in [4.69, 9.17) is 10.5 Å². The van der Waals surface area contributed by atoms with E-state index >= 15 is 0 Å². The molecule has 14 heteroatoms. The number of alkyl halides is 3. The highest BCUT2D eigenvalue weighted by molar-refractivity contribution is 7.91. The molecule has 2 saturated heterocycles. The normalized spacial score (nSPS) is 18.9. The van der Waals surface area contributed by atoms with Crippen LogP contribution in [0.3, 0.4) is 0 Å². The maximum absolute atomic E-state index is 14.0. The molecule has 0 bridgehead atoms. The van der Waals surface area contributed by atoms with E-state index in [9.17, 15) is 21.6 Å². The van der Waals surface area contributed by atoms with Gasteiger partial charge in [0.25, 0.3) is 0 Å². The molecule has 37 heavy (non-hydrogen) atoms. The first-order valence-electron chi connectivity index (χ1n) is 11.9. The van der Waals surface area contributed by atoms with Gasteiger partial charge in [0.05, 0.1) is 35.9 Å². The van der Waals surface area contributed by atoms with Crippen molar-refractivity contribution in [2.75, 3.05) is 60.4 Å². The maximum Gasteiger partial charge on any atom is 0.416 e. The predicted molar refractivity (Wildman–Crippen MR) is 134 cm³/mol. The summed E-state index contributed by atoms with van der Waals surface area (Å²) >= 11 is 0. The molecule has 200 valence electrons. The number of sulfone groups is 1. The van der Waals surface area contributed by atoms with E-state index in [0.717, 1.165) is 6.07 Å². The van der Waals surface area contributed by atoms with Gasteiger partial charge >= 0.3 is 6.18 Å². The summed E-state index contributed by atoms with van der Waals surface area (Å²) in [7, 11) is -3.35. The Balaban J connectivity index is 1.56. The smallest absolute Gasteiger partial charge is 0.396 e. The summed E-state index contributed by atoms with van der Waals surface area (Å²) in [5, 5.41) is 7.79. The van der Waals surface area contributed by atoms with Crippen molar-refractivity contribution in [3.63, 3.8) is 0 Å². The molecule has 5 rings (SSSR count). The van der Waals surface area contributed by atoms with Crippen LogP contribution in [-0.4, -0.2) is 72.4 Å². The molecule has 0 amide bonds. The Bertz CT molecular complexity index is 1420. The Morgan fingerprint density at radius 2 is 1.95 bits per heavy atom. The van der Waals surface area contributed by atoms with E-state index < -0.39 is 21.6 Å². The van der Waals surface area contributed by atoms with E-state index in [1.165, 1.54) is 21.5 Å². The minimum absolute atomic E-state index is 0.0368. The third-order valence-corrected chi connectivity index (χ3v) is 8.20. The van der Waals surface area contributed by atoms with Crippen LogP contribution in [0.4, 0.5) is 36.2 Å². The average molecular weight is 540 g/mol. The highest BCUT2D eigenvalue weighted by Gasteiger charge is 2.36. The molecule has 2 aliphatic heterocycles. The summed E-state index contributed by atoms with van der Waals surface area (Å²) in [6.45, 7) is 4.29. The van der Waals surface area contributed by atoms with E-state index in [2.05, 4.69) is 15.4 Å². The summed E-state index contributed by atoms with van der Waals surface area (Å²) in [6.07, 6.45) is -4.25. The summed E-state index contributed by atoms with van der Waals surface area (Å²) in [6, 6.07) is 5.59. The Labute approximate surface area is 212 Å². The van der Waals surface area contributed by atoms with Crippen molar-refractivity contribution in [1.82, 2.24) is 19.5 Å². The number of nitrogen functional groups attached to an aromatic ring is 1. The predicted octanol–water partition coefficient (Wildman–Crippen LogP) is 2.80. The lowest BCUT2D eigenvalue weighted by Crippen LogP contribution is -2.38. The van der Waals surface area contributed by atoms with Crippen molar-refractivity contribution in [2.45, 2.75) is 26.1 Å². The standard InChI is InChI=1S/C23H28F3N7O3S/c1-15-21(33-22(28-15)18(27)12-20(30-33)32-7-9-36-10-8-32)29-19-5-2-4-17(23(24,25)26)16(19)13-31-6-3-11-37(34,35)14-31/h2,4-5,12,29H,3,6-11,13-14,27H2,1H3. The van der Waals surface area contributed by atoms with Crippen LogP contribution in [0.1, 0.15) is 23.2 Å². The van der Waals surface area contributed by atoms with Crippen LogP contribution in [0.15, 0.2) is 24.3 Å². The van der Waals surface area contributed by atoms with Crippen molar-refractivity contribution < 1.29 is 26.3 Å². The fraction of sp³-hybridized carbons (Fsp3) is 0.478. The van der Waals surface area contributed by atoms with Gasteiger partial charge in [0.1, 0.15) is 5.88 Å². The van der Waals surface area contributed by atoms with Gasteiger partial charge in [-0.2, -0.15) is 17.7 Å². The summed E-state index contributed by atoms with van der Waals surface area (Å²) in [5.74, 6) is 0.740. The van der Waals surface area contributed by atoms with Crippen LogP contribution in [0.25, 0.3) is 5.65 Å². The fourth-order valence-corrected chi connectivity index (χ4v) is 6.23. The number of nitrogens with two attached hydrogens (primary N) is 1. The van der Waals surface area contributed by atoms with Gasteiger partial charge < -0.3 is 20.7 Å². The Morgan fingerprint density at radius 3 is 2.65 bits per heavy atom. The highest BCUT2D eigenvalue weighted by atomic mass is 32.2. The van der Waals surface area contributed by atoms with Gasteiger partial charge in [-0.3, -0.25) is 4.90 Å². The van der Waals surface area contributed by atoms with Crippen LogP contribution in [0.5, 0.6) is 0 Å². The highest BCUT2D eigenvalue weighted by Crippen LogP contribution is 2.38. The van der Waals surface area contributed by atoms with Crippen LogP contribution < -0.4 is 16.0 Å². The molecule has 4 heterocycles. The molecule has 2 aromatic heterocycles. The molecular formula is C23H28F3N7O3S. The third-order valence-electron chi connectivity index (χ3n) is 6.53. The molecule has 1 aromatic carbocycles. The fourth-order valence-electron chi connectivity index (χ4n) is 4.76. The second kappa shape index (κ2) is 9.65. The average Bonchev–Trinajstić information content (AvgIpc) is 3.15. The van der Waals surface area contributed by atoms with Crippen molar-refractivity contribution in [3.05, 3.63) is 41.1 Å². The van der Waals surface area contributed by atoms with Gasteiger partial charge in [-0.05, 0) is 25.5 Å². The first kappa shape index (κ1) is 25.5. The second-order valence-electron chi connectivity index (χ2n) is 9.28. The van der Waals surface area contributed by atoms with Gasteiger partial charge in [-0.15, -0.1) is 5.10 Å². The molecule has 2 fully saturated rings. The SMILES string of the molecule is Cc1nc2c(N)cc(N3CCOCC3)nn2c1Nc1cccc(C(F)(F)F)c1CN1CCCS(=O)(=O)C1. The molecule has 0 aliphatic carbocycles. The maximum atomic E-state index is 14.0. The van der Waals surface area contributed by atoms with Gasteiger partial charge in [0.2, 0.25) is 0 Å². The van der Waals surface area contributed by atoms with Gasteiger partial charge in [0.15, 0.2) is 27.1 Å². The molecule has 3 N–H and O–H groups in total. The van der Waals surface area contributed by atoms with Crippen molar-refractivity contribution in [2.24, 2.45) is 0 Å². The number of nitrogens with zero attached hydrogens (tertiary/aromatic N) is 5. The second-order valence-corrected chi connectivity index (χ2v) is 11.4. The lowest BCUT2D eigenvalue weighted by atomic mass is 10.0. The van der Waals surface area contributed by atoms with Gasteiger partial charge in [-0.25, -0.2) is 13.4 Å². The summed E-state index contributed by atoms with van der Waals surface area (Å²) < 4.78 is 73.3. The molecule has 0 atom stereocenters. The number of morpholine rings is 1. The van der Waals surface area contributed by atoms with Crippen LogP contribution >= 0.6 is 0 Å². The third kappa shape index (κ3) is 5.31. The zero-order chi connectivity index (χ0) is 26.4. The summed E-state index contributed by atoms with van der Waals surface area (Å²) in [4.78, 5) is 8.04. The number of imidazole rings is 1. The van der Waals surface area contributed by atoms with Crippen molar-refractivity contribution in [1.29, 1.82) is 0 Å². The number of nitrogens with one attached hydrogen (secondary N) is 1. The molecule has 0 radical (unpaired) electrons. The van der Waals surface area contributed by atoms with Crippen molar-refractivity contribution in [3.8, 4) is 0 Å². The minimum Gasteiger partial charge on any atom is -0.396 e. The molecule has 0 saturated carbocycles. The van der Waals surface area contributed by atoms with Gasteiger partial charge in [-0.1, -0.05) is 6.07 Å². The van der Waals surface area contributed by atoms with E-state index in [-0.39, 0.29) is 29.4 Å². The largest absolute Gasteiger partial charge is 0.416 e. The van der Waals surface area contributed by atoms with E-state index in [1.54, 1.807) is 13.0 Å². The number of ether oxygens (including phenoxy) is 1. The lowest BCUT2D eigenvalue weighted by molar-refractivity contribution is -0.138. The molecule has 2 aliphatic rings. The summed E-state index contributed by atoms with van der Waals surface area (Å²) in [5.41, 5.74) is 6.87. The Hall–Kier alpha value is -3.10. The first-order valence-corrected chi connectivity index (χ1v) is 13.7. The lowest BCUT2D eigenvalue weighted by Gasteiger charge is -2.29. The van der Waals surface area contributed by atoms with Gasteiger partial charge in [0, 0.05) is 43.5 Å². The monoisotopic (exact) mass is 539 g/mol. The zero-order valence-electron chi connectivity index (χ0n) is 20.3. The number of hydrogen-bond acceptors (Lipinski definition) is 9. The number of aryl methyl sites for hydroxylation is 1. The number of halogens is 3. The van der Waals surface area contributed by atoms with Crippen molar-refractivity contribution >= 4 is 38.5 Å². The molecule has 0 spiro atoms. The van der Waals surface area contributed by atoms with Crippen LogP contribution in [0, 0.1) is 6.92 Å². The number of aromatic nitrogens is 3. The molecule has 10 nitrogen and oxygen atoms in total. The van der Waals surface area contributed by atoms with Crippen LogP contribution in [-0.2, 0) is 27.3 Å². The number of anilines is 4. The first-order chi connectivity index (χ1) is 17.5. The molecule has 0 unspecified atom stereocenters.